The summed E-state index contributed by atoms with van der Waals surface area (Å²) >= 11 is 0. The zero-order valence-corrected chi connectivity index (χ0v) is 7.31. The molecule has 0 saturated carbocycles. The van der Waals surface area contributed by atoms with Crippen LogP contribution in [0.15, 0.2) is 0 Å². The fourth-order valence-corrected chi connectivity index (χ4v) is 1.04. The van der Waals surface area contributed by atoms with Gasteiger partial charge in [-0.3, -0.25) is 0 Å². The van der Waals surface area contributed by atoms with Gasteiger partial charge in [-0.1, -0.05) is 28.6 Å². The molecule has 0 bridgehead atoms. The second kappa shape index (κ2) is 3.00. The van der Waals surface area contributed by atoms with E-state index in [0.717, 1.165) is 0 Å². The third kappa shape index (κ3) is 3.19. The molecule has 0 rings (SSSR count). The van der Waals surface area contributed by atoms with E-state index < -0.39 is 14.6 Å². The maximum atomic E-state index is 8.74. The third-order valence-corrected chi connectivity index (χ3v) is 4.21. The Morgan fingerprint density at radius 1 is 1.22 bits per heavy atom. The van der Waals surface area contributed by atoms with E-state index >= 15 is 0 Å². The van der Waals surface area contributed by atoms with E-state index in [1.165, 1.54) is 0 Å². The molecule has 0 heterocycles. The summed E-state index contributed by atoms with van der Waals surface area (Å²) in [6, 6.07) is 0. The van der Waals surface area contributed by atoms with Crippen LogP contribution in [0.3, 0.4) is 0 Å². The summed E-state index contributed by atoms with van der Waals surface area (Å²) in [4.78, 5) is 0. The van der Waals surface area contributed by atoms with Crippen molar-refractivity contribution in [2.24, 2.45) is 0 Å². The van der Waals surface area contributed by atoms with E-state index in [4.69, 9.17) is 10.0 Å². The van der Waals surface area contributed by atoms with Crippen molar-refractivity contribution >= 4 is 14.6 Å². The molecule has 1 atom stereocenters. The van der Waals surface area contributed by atoms with Gasteiger partial charge in [0.05, 0.1) is 0 Å². The minimum Gasteiger partial charge on any atom is -0.423 e. The molecule has 0 aromatic rings. The molecule has 54 valence electrons. The summed E-state index contributed by atoms with van der Waals surface area (Å²) in [5, 5.41) is 17.5. The molecule has 0 aliphatic heterocycles. The van der Waals surface area contributed by atoms with Crippen LogP contribution in [0.25, 0.3) is 0 Å². The highest BCUT2D eigenvalue weighted by atomic mass is 31.1. The molecule has 0 spiro atoms. The monoisotopic (exact) mass is 148 g/mol. The van der Waals surface area contributed by atoms with Gasteiger partial charge in [0, 0.05) is 0 Å². The Bertz CT molecular complexity index is 89.4. The highest BCUT2D eigenvalue weighted by molar-refractivity contribution is 7.88. The van der Waals surface area contributed by atoms with Crippen LogP contribution in [0.5, 0.6) is 0 Å². The molecule has 0 aliphatic rings. The lowest BCUT2D eigenvalue weighted by atomic mass is 10.2. The normalized spacial score (nSPS) is 15.3. The predicted molar refractivity (Wildman–Crippen MR) is 42.8 cm³/mol. The molecule has 0 aromatic heterocycles. The van der Waals surface area contributed by atoms with Crippen LogP contribution in [-0.4, -0.2) is 28.7 Å². The van der Waals surface area contributed by atoms with Gasteiger partial charge in [-0.05, 0) is 11.8 Å². The Hall–Kier alpha value is 0.415. The van der Waals surface area contributed by atoms with Crippen LogP contribution in [0.1, 0.15) is 20.8 Å². The van der Waals surface area contributed by atoms with E-state index in [2.05, 4.69) is 0 Å². The zero-order valence-electron chi connectivity index (χ0n) is 6.42. The molecule has 0 fully saturated rings. The first kappa shape index (κ1) is 9.41. The maximum Gasteiger partial charge on any atom is 0.480 e. The molecule has 1 unspecified atom stereocenters. The largest absolute Gasteiger partial charge is 0.480 e. The molecule has 0 aliphatic carbocycles. The number of hydrogen-bond donors (Lipinski definition) is 2. The van der Waals surface area contributed by atoms with E-state index in [0.29, 0.717) is 0 Å². The van der Waals surface area contributed by atoms with Crippen molar-refractivity contribution in [1.82, 2.24) is 0 Å². The van der Waals surface area contributed by atoms with Gasteiger partial charge < -0.3 is 10.0 Å². The maximum absolute atomic E-state index is 8.74. The fourth-order valence-electron chi connectivity index (χ4n) is 0.346. The van der Waals surface area contributed by atoms with Gasteiger partial charge in [-0.25, -0.2) is 0 Å². The molecule has 0 saturated heterocycles. The molecule has 4 heteroatoms. The van der Waals surface area contributed by atoms with Crippen LogP contribution in [0, 0.1) is 0 Å². The molecular weight excluding hydrogens is 134 g/mol. The topological polar surface area (TPSA) is 40.5 Å². The Balaban J connectivity index is 3.88. The first-order valence-electron chi connectivity index (χ1n) is 2.95. The van der Waals surface area contributed by atoms with Crippen LogP contribution < -0.4 is 0 Å². The van der Waals surface area contributed by atoms with Gasteiger partial charge >= 0.3 is 6.84 Å². The zero-order chi connectivity index (χ0) is 7.65. The van der Waals surface area contributed by atoms with E-state index in [1.807, 2.05) is 27.4 Å². The Kier molecular flexibility index (Phi) is 3.14. The van der Waals surface area contributed by atoms with Crippen molar-refractivity contribution in [3.05, 3.63) is 0 Å². The quantitative estimate of drug-likeness (QED) is 0.427. The van der Waals surface area contributed by atoms with E-state index in [9.17, 15) is 0 Å². The second-order valence-corrected chi connectivity index (χ2v) is 6.15. The summed E-state index contributed by atoms with van der Waals surface area (Å²) in [6.45, 7) is 6.80. The van der Waals surface area contributed by atoms with Crippen molar-refractivity contribution in [2.45, 2.75) is 25.9 Å². The van der Waals surface area contributed by atoms with Crippen molar-refractivity contribution in [2.75, 3.05) is 6.66 Å². The summed E-state index contributed by atoms with van der Waals surface area (Å²) in [5.41, 5.74) is 0. The summed E-state index contributed by atoms with van der Waals surface area (Å²) in [6.07, 6.45) is 0. The van der Waals surface area contributed by atoms with Crippen molar-refractivity contribution in [3.8, 4) is 0 Å². The molecule has 2 nitrogen and oxygen atoms in total. The Labute approximate surface area is 58.1 Å². The van der Waals surface area contributed by atoms with Crippen LogP contribution >= 0.6 is 7.80 Å². The van der Waals surface area contributed by atoms with Crippen molar-refractivity contribution in [3.63, 3.8) is 0 Å². The van der Waals surface area contributed by atoms with E-state index in [-0.39, 0.29) is 5.16 Å². The van der Waals surface area contributed by atoms with Gasteiger partial charge in [0.2, 0.25) is 0 Å². The lowest BCUT2D eigenvalue weighted by Gasteiger charge is -2.26. The standard InChI is InChI=1S/C5H14BO2P/c1-5(2,3)9(4)6(7)8/h7-8H,1-4H3. The first-order valence-corrected chi connectivity index (χ1v) is 4.80. The molecule has 0 aromatic carbocycles. The van der Waals surface area contributed by atoms with Gasteiger partial charge in [0.1, 0.15) is 0 Å². The van der Waals surface area contributed by atoms with Crippen LogP contribution in [-0.2, 0) is 0 Å². The van der Waals surface area contributed by atoms with E-state index in [1.54, 1.807) is 0 Å². The minimum atomic E-state index is -1.12. The number of hydrogen-bond acceptors (Lipinski definition) is 2. The smallest absolute Gasteiger partial charge is 0.423 e. The Morgan fingerprint density at radius 2 is 1.56 bits per heavy atom. The molecule has 0 amide bonds. The summed E-state index contributed by atoms with van der Waals surface area (Å²) < 4.78 is 0. The predicted octanol–water partition coefficient (Wildman–Crippen LogP) is 0.866. The van der Waals surface area contributed by atoms with Crippen LogP contribution in [0.4, 0.5) is 0 Å². The van der Waals surface area contributed by atoms with Crippen molar-refractivity contribution < 1.29 is 10.0 Å². The van der Waals surface area contributed by atoms with Gasteiger partial charge in [-0.2, -0.15) is 0 Å². The number of rotatable bonds is 1. The molecule has 2 N–H and O–H groups in total. The first-order chi connectivity index (χ1) is 3.85. The highest BCUT2D eigenvalue weighted by Crippen LogP contribution is 2.45. The lowest BCUT2D eigenvalue weighted by Crippen LogP contribution is -2.22. The average Bonchev–Trinajstić information content (AvgIpc) is 1.62. The fraction of sp³-hybridized carbons (Fsp3) is 1.00. The van der Waals surface area contributed by atoms with Crippen molar-refractivity contribution in [1.29, 1.82) is 0 Å². The third-order valence-electron chi connectivity index (χ3n) is 1.40. The summed E-state index contributed by atoms with van der Waals surface area (Å²) in [7, 11) is -0.669. The van der Waals surface area contributed by atoms with Gasteiger partial charge in [0.25, 0.3) is 0 Å². The second-order valence-electron chi connectivity index (χ2n) is 3.13. The molecule has 0 radical (unpaired) electrons. The molecular formula is C5H14BO2P. The SMILES string of the molecule is CP(B(O)O)C(C)(C)C. The van der Waals surface area contributed by atoms with Gasteiger partial charge in [-0.15, -0.1) is 0 Å². The summed E-state index contributed by atoms with van der Waals surface area (Å²) in [5.74, 6) is 0. The molecule has 9 heavy (non-hydrogen) atoms. The highest BCUT2D eigenvalue weighted by Gasteiger charge is 2.29. The van der Waals surface area contributed by atoms with Crippen LogP contribution in [0.2, 0.25) is 0 Å². The average molecular weight is 148 g/mol. The minimum absolute atomic E-state index is 0.0451. The Morgan fingerprint density at radius 3 is 1.56 bits per heavy atom. The van der Waals surface area contributed by atoms with Gasteiger partial charge in [0.15, 0.2) is 0 Å². The lowest BCUT2D eigenvalue weighted by molar-refractivity contribution is 0.434.